The van der Waals surface area contributed by atoms with Crippen LogP contribution in [0.25, 0.3) is 0 Å². The highest BCUT2D eigenvalue weighted by atomic mass is 35.5. The minimum Gasteiger partial charge on any atom is -0.366 e. The van der Waals surface area contributed by atoms with Gasteiger partial charge in [-0.25, -0.2) is 9.97 Å². The van der Waals surface area contributed by atoms with Crippen LogP contribution >= 0.6 is 11.6 Å². The van der Waals surface area contributed by atoms with E-state index in [0.717, 1.165) is 24.0 Å². The topological polar surface area (TPSA) is 29.0 Å². The summed E-state index contributed by atoms with van der Waals surface area (Å²) in [5, 5.41) is 0. The van der Waals surface area contributed by atoms with Gasteiger partial charge in [0.05, 0.1) is 23.5 Å². The molecule has 1 unspecified atom stereocenters. The van der Waals surface area contributed by atoms with Gasteiger partial charge in [0.1, 0.15) is 5.82 Å². The largest absolute Gasteiger partial charge is 0.366 e. The first kappa shape index (κ1) is 15.1. The zero-order valence-electron chi connectivity index (χ0n) is 13.2. The summed E-state index contributed by atoms with van der Waals surface area (Å²) in [5.41, 5.74) is 2.20. The van der Waals surface area contributed by atoms with Crippen LogP contribution in [0, 0.1) is 5.92 Å². The van der Waals surface area contributed by atoms with Crippen molar-refractivity contribution in [2.45, 2.75) is 70.2 Å². The molecule has 2 aliphatic rings. The van der Waals surface area contributed by atoms with Crippen LogP contribution < -0.4 is 4.90 Å². The van der Waals surface area contributed by atoms with Crippen LogP contribution in [0.5, 0.6) is 0 Å². The molecule has 1 saturated carbocycles. The second-order valence-electron chi connectivity index (χ2n) is 6.80. The highest BCUT2D eigenvalue weighted by Crippen LogP contribution is 2.38. The van der Waals surface area contributed by atoms with Crippen molar-refractivity contribution in [1.29, 1.82) is 0 Å². The van der Waals surface area contributed by atoms with Crippen LogP contribution in [0.15, 0.2) is 6.20 Å². The van der Waals surface area contributed by atoms with Crippen LogP contribution in [0.2, 0.25) is 0 Å². The molecule has 3 nitrogen and oxygen atoms in total. The highest BCUT2D eigenvalue weighted by Gasteiger charge is 2.34. The van der Waals surface area contributed by atoms with Gasteiger partial charge in [0.2, 0.25) is 0 Å². The number of aromatic nitrogens is 2. The Morgan fingerprint density at radius 3 is 2.67 bits per heavy atom. The first-order valence-corrected chi connectivity index (χ1v) is 8.92. The molecule has 0 amide bonds. The van der Waals surface area contributed by atoms with Gasteiger partial charge in [-0.05, 0) is 31.6 Å². The van der Waals surface area contributed by atoms with E-state index in [2.05, 4.69) is 23.7 Å². The van der Waals surface area contributed by atoms with E-state index in [9.17, 15) is 0 Å². The second-order valence-corrected chi connectivity index (χ2v) is 7.06. The highest BCUT2D eigenvalue weighted by molar-refractivity contribution is 6.17. The molecule has 1 aliphatic heterocycles. The lowest BCUT2D eigenvalue weighted by Gasteiger charge is -2.32. The molecular formula is C17H26ClN3. The fourth-order valence-corrected chi connectivity index (χ4v) is 4.16. The first-order valence-electron chi connectivity index (χ1n) is 8.39. The molecule has 3 rings (SSSR count). The van der Waals surface area contributed by atoms with Crippen LogP contribution in [0.3, 0.4) is 0 Å². The number of hydrogen-bond acceptors (Lipinski definition) is 3. The Kier molecular flexibility index (Phi) is 4.68. The van der Waals surface area contributed by atoms with Gasteiger partial charge >= 0.3 is 0 Å². The predicted octanol–water partition coefficient (Wildman–Crippen LogP) is 4.50. The molecular weight excluding hydrogens is 282 g/mol. The molecule has 1 atom stereocenters. The molecule has 2 fully saturated rings. The molecule has 1 aliphatic carbocycles. The maximum atomic E-state index is 6.18. The molecule has 0 bridgehead atoms. The molecule has 1 aromatic heterocycles. The molecule has 0 N–H and O–H groups in total. The van der Waals surface area contributed by atoms with Crippen molar-refractivity contribution >= 4 is 17.3 Å². The van der Waals surface area contributed by atoms with Crippen LogP contribution in [0.4, 0.5) is 5.69 Å². The van der Waals surface area contributed by atoms with E-state index in [1.54, 1.807) is 0 Å². The lowest BCUT2D eigenvalue weighted by molar-refractivity contribution is 0.430. The van der Waals surface area contributed by atoms with Gasteiger partial charge in [-0.1, -0.05) is 26.7 Å². The summed E-state index contributed by atoms with van der Waals surface area (Å²) < 4.78 is 0. The van der Waals surface area contributed by atoms with E-state index in [4.69, 9.17) is 16.6 Å². The van der Waals surface area contributed by atoms with E-state index >= 15 is 0 Å². The SMILES string of the molecule is CC(C)c1ncc(N2CCCC2C2CCCC2)c(CCl)n1. The Bertz CT molecular complexity index is 483. The Hall–Kier alpha value is -0.830. The number of nitrogens with zero attached hydrogens (tertiary/aromatic N) is 3. The quantitative estimate of drug-likeness (QED) is 0.767. The zero-order chi connectivity index (χ0) is 14.8. The molecule has 1 aromatic rings. The number of halogens is 1. The maximum absolute atomic E-state index is 6.18. The third-order valence-electron chi connectivity index (χ3n) is 5.06. The summed E-state index contributed by atoms with van der Waals surface area (Å²) in [6.45, 7) is 5.39. The van der Waals surface area contributed by atoms with E-state index in [1.807, 2.05) is 6.20 Å². The third kappa shape index (κ3) is 3.03. The maximum Gasteiger partial charge on any atom is 0.131 e. The second kappa shape index (κ2) is 6.51. The van der Waals surface area contributed by atoms with Crippen molar-refractivity contribution in [2.24, 2.45) is 5.92 Å². The summed E-state index contributed by atoms with van der Waals surface area (Å²) in [6, 6.07) is 0.683. The number of rotatable bonds is 4. The monoisotopic (exact) mass is 307 g/mol. The standard InChI is InChI=1S/C17H26ClN3/c1-12(2)17-19-11-16(14(10-18)20-17)21-9-5-8-15(21)13-6-3-4-7-13/h11-13,15H,3-10H2,1-2H3. The van der Waals surface area contributed by atoms with Gasteiger partial charge in [-0.3, -0.25) is 0 Å². The lowest BCUT2D eigenvalue weighted by Crippen LogP contribution is -2.35. The Balaban J connectivity index is 1.87. The minimum absolute atomic E-state index is 0.352. The fraction of sp³-hybridized carbons (Fsp3) is 0.765. The summed E-state index contributed by atoms with van der Waals surface area (Å²) in [7, 11) is 0. The van der Waals surface area contributed by atoms with Crippen molar-refractivity contribution in [1.82, 2.24) is 9.97 Å². The molecule has 2 heterocycles. The van der Waals surface area contributed by atoms with Crippen LogP contribution in [-0.2, 0) is 5.88 Å². The predicted molar refractivity (Wildman–Crippen MR) is 88.0 cm³/mol. The smallest absolute Gasteiger partial charge is 0.131 e. The molecule has 21 heavy (non-hydrogen) atoms. The summed E-state index contributed by atoms with van der Waals surface area (Å²) in [5.74, 6) is 2.60. The van der Waals surface area contributed by atoms with E-state index in [-0.39, 0.29) is 0 Å². The van der Waals surface area contributed by atoms with Gasteiger partial charge in [0.25, 0.3) is 0 Å². The van der Waals surface area contributed by atoms with Crippen molar-refractivity contribution < 1.29 is 0 Å². The Morgan fingerprint density at radius 2 is 2.00 bits per heavy atom. The first-order chi connectivity index (χ1) is 10.2. The number of alkyl halides is 1. The van der Waals surface area contributed by atoms with Crippen molar-refractivity contribution in [3.8, 4) is 0 Å². The molecule has 0 radical (unpaired) electrons. The molecule has 116 valence electrons. The van der Waals surface area contributed by atoms with Gasteiger partial charge in [-0.2, -0.15) is 0 Å². The Labute approximate surface area is 133 Å². The van der Waals surface area contributed by atoms with Crippen molar-refractivity contribution in [2.75, 3.05) is 11.4 Å². The summed E-state index contributed by atoms with van der Waals surface area (Å²) in [4.78, 5) is 11.8. The summed E-state index contributed by atoms with van der Waals surface area (Å²) in [6.07, 6.45) is 10.2. The van der Waals surface area contributed by atoms with Crippen molar-refractivity contribution in [3.63, 3.8) is 0 Å². The molecule has 0 aromatic carbocycles. The minimum atomic E-state index is 0.352. The van der Waals surface area contributed by atoms with E-state index < -0.39 is 0 Å². The van der Waals surface area contributed by atoms with Crippen LogP contribution in [0.1, 0.15) is 69.8 Å². The van der Waals surface area contributed by atoms with E-state index in [1.165, 1.54) is 44.2 Å². The van der Waals surface area contributed by atoms with Crippen molar-refractivity contribution in [3.05, 3.63) is 17.7 Å². The van der Waals surface area contributed by atoms with Gasteiger partial charge in [-0.15, -0.1) is 11.6 Å². The average molecular weight is 308 g/mol. The van der Waals surface area contributed by atoms with Gasteiger partial charge < -0.3 is 4.90 Å². The van der Waals surface area contributed by atoms with Gasteiger partial charge in [0, 0.05) is 18.5 Å². The zero-order valence-corrected chi connectivity index (χ0v) is 13.9. The molecule has 0 spiro atoms. The fourth-order valence-electron chi connectivity index (χ4n) is 3.97. The molecule has 4 heteroatoms. The Morgan fingerprint density at radius 1 is 1.24 bits per heavy atom. The van der Waals surface area contributed by atoms with Crippen LogP contribution in [-0.4, -0.2) is 22.6 Å². The number of anilines is 1. The lowest BCUT2D eigenvalue weighted by atomic mass is 9.95. The van der Waals surface area contributed by atoms with Gasteiger partial charge in [0.15, 0.2) is 0 Å². The van der Waals surface area contributed by atoms with E-state index in [0.29, 0.717) is 17.8 Å². The summed E-state index contributed by atoms with van der Waals surface area (Å²) >= 11 is 6.18. The molecule has 1 saturated heterocycles. The average Bonchev–Trinajstić information content (AvgIpc) is 3.16. The normalized spacial score (nSPS) is 23.4. The third-order valence-corrected chi connectivity index (χ3v) is 5.31. The number of hydrogen-bond donors (Lipinski definition) is 0.